The normalized spacial score (nSPS) is 17.9. The van der Waals surface area contributed by atoms with Crippen molar-refractivity contribution in [3.05, 3.63) is 11.8 Å². The number of thioether (sulfide) groups is 1. The molecule has 1 aromatic heterocycles. The maximum atomic E-state index is 11.6. The first kappa shape index (κ1) is 15.4. The van der Waals surface area contributed by atoms with Crippen molar-refractivity contribution in [2.24, 2.45) is 12.8 Å². The lowest BCUT2D eigenvalue weighted by Gasteiger charge is -2.27. The van der Waals surface area contributed by atoms with Gasteiger partial charge in [0.2, 0.25) is 5.91 Å². The molecule has 1 saturated carbocycles. The molecule has 0 aromatic carbocycles. The maximum Gasteiger partial charge on any atom is 0.237 e. The van der Waals surface area contributed by atoms with Gasteiger partial charge in [0.15, 0.2) is 0 Å². The third-order valence-electron chi connectivity index (χ3n) is 3.67. The summed E-state index contributed by atoms with van der Waals surface area (Å²) in [5.74, 6) is 0.722. The molecule has 5 nitrogen and oxygen atoms in total. The van der Waals surface area contributed by atoms with Crippen LogP contribution in [0.25, 0.3) is 0 Å². The van der Waals surface area contributed by atoms with E-state index in [1.807, 2.05) is 25.6 Å². The average molecular weight is 296 g/mol. The van der Waals surface area contributed by atoms with E-state index in [9.17, 15) is 4.79 Å². The summed E-state index contributed by atoms with van der Waals surface area (Å²) in [6.45, 7) is 3.92. The Morgan fingerprint density at radius 3 is 2.85 bits per heavy atom. The smallest absolute Gasteiger partial charge is 0.237 e. The van der Waals surface area contributed by atoms with Gasteiger partial charge in [-0.1, -0.05) is 0 Å². The van der Waals surface area contributed by atoms with E-state index in [0.29, 0.717) is 6.04 Å². The van der Waals surface area contributed by atoms with Gasteiger partial charge in [0, 0.05) is 13.1 Å². The lowest BCUT2D eigenvalue weighted by atomic mass is 9.95. The van der Waals surface area contributed by atoms with Crippen LogP contribution < -0.4 is 11.1 Å². The van der Waals surface area contributed by atoms with E-state index in [0.717, 1.165) is 37.1 Å². The SMILES string of the molecule is Cc1cc(SCCCC(C)(NC2CC2)C(N)=O)n(C)n1. The van der Waals surface area contributed by atoms with Gasteiger partial charge in [0.1, 0.15) is 0 Å². The molecule has 0 bridgehead atoms. The lowest BCUT2D eigenvalue weighted by Crippen LogP contribution is -2.54. The van der Waals surface area contributed by atoms with E-state index in [1.165, 1.54) is 5.03 Å². The van der Waals surface area contributed by atoms with Gasteiger partial charge in [-0.2, -0.15) is 5.10 Å². The zero-order valence-corrected chi connectivity index (χ0v) is 13.3. The molecule has 3 N–H and O–H groups in total. The van der Waals surface area contributed by atoms with Gasteiger partial charge in [-0.05, 0) is 51.3 Å². The molecule has 1 atom stereocenters. The van der Waals surface area contributed by atoms with E-state index >= 15 is 0 Å². The van der Waals surface area contributed by atoms with Crippen LogP contribution in [-0.4, -0.2) is 33.0 Å². The minimum Gasteiger partial charge on any atom is -0.368 e. The molecule has 112 valence electrons. The van der Waals surface area contributed by atoms with Crippen molar-refractivity contribution in [3.8, 4) is 0 Å². The predicted molar refractivity (Wildman–Crippen MR) is 81.7 cm³/mol. The number of primary amides is 1. The van der Waals surface area contributed by atoms with Gasteiger partial charge >= 0.3 is 0 Å². The van der Waals surface area contributed by atoms with Crippen LogP contribution in [0.15, 0.2) is 11.1 Å². The molecule has 1 heterocycles. The molecule has 1 aromatic rings. The summed E-state index contributed by atoms with van der Waals surface area (Å²) < 4.78 is 1.90. The Bertz CT molecular complexity index is 484. The van der Waals surface area contributed by atoms with Crippen molar-refractivity contribution in [1.29, 1.82) is 0 Å². The minimum absolute atomic E-state index is 0.245. The van der Waals surface area contributed by atoms with Crippen molar-refractivity contribution in [3.63, 3.8) is 0 Å². The fraction of sp³-hybridized carbons (Fsp3) is 0.714. The molecular weight excluding hydrogens is 272 g/mol. The van der Waals surface area contributed by atoms with E-state index in [2.05, 4.69) is 16.5 Å². The summed E-state index contributed by atoms with van der Waals surface area (Å²) >= 11 is 1.78. The molecule has 0 radical (unpaired) electrons. The molecule has 1 unspecified atom stereocenters. The average Bonchev–Trinajstić information content (AvgIpc) is 3.10. The Kier molecular flexibility index (Phi) is 4.75. The number of amides is 1. The maximum absolute atomic E-state index is 11.6. The van der Waals surface area contributed by atoms with Crippen molar-refractivity contribution in [1.82, 2.24) is 15.1 Å². The molecule has 1 fully saturated rings. The number of nitrogens with two attached hydrogens (primary N) is 1. The molecule has 20 heavy (non-hydrogen) atoms. The van der Waals surface area contributed by atoms with Crippen LogP contribution in [0.3, 0.4) is 0 Å². The second-order valence-electron chi connectivity index (χ2n) is 5.81. The van der Waals surface area contributed by atoms with E-state index in [1.54, 1.807) is 11.8 Å². The summed E-state index contributed by atoms with van der Waals surface area (Å²) in [6.07, 6.45) is 4.05. The van der Waals surface area contributed by atoms with Gasteiger partial charge in [-0.15, -0.1) is 11.8 Å². The van der Waals surface area contributed by atoms with E-state index < -0.39 is 5.54 Å². The first-order chi connectivity index (χ1) is 9.40. The van der Waals surface area contributed by atoms with E-state index in [4.69, 9.17) is 5.73 Å². The van der Waals surface area contributed by atoms with Crippen LogP contribution in [0.4, 0.5) is 0 Å². The highest BCUT2D eigenvalue weighted by Crippen LogP contribution is 2.26. The monoisotopic (exact) mass is 296 g/mol. The molecule has 0 saturated heterocycles. The summed E-state index contributed by atoms with van der Waals surface area (Å²) in [4.78, 5) is 11.6. The van der Waals surface area contributed by atoms with Gasteiger partial charge in [0.25, 0.3) is 0 Å². The van der Waals surface area contributed by atoms with Gasteiger partial charge < -0.3 is 11.1 Å². The number of rotatable bonds is 8. The molecule has 1 aliphatic rings. The van der Waals surface area contributed by atoms with Crippen molar-refractivity contribution in [2.45, 2.75) is 56.1 Å². The number of carbonyl (C=O) groups excluding carboxylic acids is 1. The number of nitrogens with one attached hydrogen (secondary N) is 1. The van der Waals surface area contributed by atoms with Crippen molar-refractivity contribution < 1.29 is 4.79 Å². The standard InChI is InChI=1S/C14H24N4OS/c1-10-9-12(18(3)17-10)20-8-4-7-14(2,13(15)19)16-11-5-6-11/h9,11,16H,4-8H2,1-3H3,(H2,15,19). The number of hydrogen-bond acceptors (Lipinski definition) is 4. The van der Waals surface area contributed by atoms with Gasteiger partial charge in [0.05, 0.1) is 16.3 Å². The Labute approximate surface area is 124 Å². The molecule has 1 aliphatic carbocycles. The fourth-order valence-electron chi connectivity index (χ4n) is 2.27. The molecular formula is C14H24N4OS. The number of nitrogens with zero attached hydrogens (tertiary/aromatic N) is 2. The Morgan fingerprint density at radius 2 is 2.35 bits per heavy atom. The van der Waals surface area contributed by atoms with Crippen LogP contribution >= 0.6 is 11.8 Å². The number of aryl methyl sites for hydroxylation is 2. The zero-order chi connectivity index (χ0) is 14.8. The molecule has 6 heteroatoms. The largest absolute Gasteiger partial charge is 0.368 e. The summed E-state index contributed by atoms with van der Waals surface area (Å²) in [5.41, 5.74) is 6.01. The highest BCUT2D eigenvalue weighted by Gasteiger charge is 2.36. The number of carbonyl (C=O) groups is 1. The van der Waals surface area contributed by atoms with Gasteiger partial charge in [-0.3, -0.25) is 9.48 Å². The molecule has 0 aliphatic heterocycles. The summed E-state index contributed by atoms with van der Waals surface area (Å²) in [7, 11) is 1.96. The quantitative estimate of drug-likeness (QED) is 0.564. The van der Waals surface area contributed by atoms with Crippen LogP contribution in [0.2, 0.25) is 0 Å². The third kappa shape index (κ3) is 3.99. The summed E-state index contributed by atoms with van der Waals surface area (Å²) in [6, 6.07) is 2.57. The number of hydrogen-bond donors (Lipinski definition) is 2. The lowest BCUT2D eigenvalue weighted by molar-refractivity contribution is -0.124. The van der Waals surface area contributed by atoms with Gasteiger partial charge in [-0.25, -0.2) is 0 Å². The van der Waals surface area contributed by atoms with Crippen molar-refractivity contribution >= 4 is 17.7 Å². The zero-order valence-electron chi connectivity index (χ0n) is 12.5. The highest BCUT2D eigenvalue weighted by atomic mass is 32.2. The summed E-state index contributed by atoms with van der Waals surface area (Å²) in [5, 5.41) is 8.87. The fourth-order valence-corrected chi connectivity index (χ4v) is 3.25. The predicted octanol–water partition coefficient (Wildman–Crippen LogP) is 1.60. The van der Waals surface area contributed by atoms with Crippen LogP contribution in [0.1, 0.15) is 38.3 Å². The van der Waals surface area contributed by atoms with Crippen LogP contribution in [0, 0.1) is 6.92 Å². The Morgan fingerprint density at radius 1 is 1.65 bits per heavy atom. The topological polar surface area (TPSA) is 72.9 Å². The second-order valence-corrected chi connectivity index (χ2v) is 6.93. The van der Waals surface area contributed by atoms with E-state index in [-0.39, 0.29) is 5.91 Å². The highest BCUT2D eigenvalue weighted by molar-refractivity contribution is 7.99. The van der Waals surface area contributed by atoms with Crippen LogP contribution in [0.5, 0.6) is 0 Å². The molecule has 0 spiro atoms. The van der Waals surface area contributed by atoms with Crippen LogP contribution in [-0.2, 0) is 11.8 Å². The number of aromatic nitrogens is 2. The minimum atomic E-state index is -0.565. The molecule has 2 rings (SSSR count). The van der Waals surface area contributed by atoms with Crippen molar-refractivity contribution in [2.75, 3.05) is 5.75 Å². The Balaban J connectivity index is 1.78. The second kappa shape index (κ2) is 6.18. The first-order valence-electron chi connectivity index (χ1n) is 7.12. The molecule has 1 amide bonds. The Hall–Kier alpha value is -1.01. The third-order valence-corrected chi connectivity index (χ3v) is 4.84. The first-order valence-corrected chi connectivity index (χ1v) is 8.10.